The van der Waals surface area contributed by atoms with E-state index in [1.54, 1.807) is 6.07 Å². The van der Waals surface area contributed by atoms with E-state index in [1.165, 1.54) is 51.0 Å². The number of nitro benzene ring substituents is 1. The first kappa shape index (κ1) is 30.7. The molecule has 9 heteroatoms. The largest absolute Gasteiger partial charge is 0.411 e. The lowest BCUT2D eigenvalue weighted by Gasteiger charge is -2.57. The van der Waals surface area contributed by atoms with Gasteiger partial charge in [0.05, 0.1) is 16.3 Å². The molecule has 0 bridgehead atoms. The van der Waals surface area contributed by atoms with Gasteiger partial charge in [0, 0.05) is 25.1 Å². The van der Waals surface area contributed by atoms with Crippen molar-refractivity contribution < 1.29 is 14.8 Å². The monoisotopic (exact) mass is 581 g/mol. The highest BCUT2D eigenvalue weighted by molar-refractivity contribution is 5.93. The number of hydrogen-bond donors (Lipinski definition) is 1. The van der Waals surface area contributed by atoms with Gasteiger partial charge in [-0.25, -0.2) is 4.63 Å². The van der Waals surface area contributed by atoms with E-state index in [9.17, 15) is 15.3 Å². The van der Waals surface area contributed by atoms with Gasteiger partial charge in [0.2, 0.25) is 5.52 Å². The maximum Gasteiger partial charge on any atom is 0.300 e. The van der Waals surface area contributed by atoms with Crippen molar-refractivity contribution >= 4 is 28.1 Å². The number of hydrogen-bond acceptors (Lipinski definition) is 8. The van der Waals surface area contributed by atoms with E-state index >= 15 is 0 Å². The molecule has 0 spiro atoms. The van der Waals surface area contributed by atoms with Crippen LogP contribution in [0.4, 0.5) is 11.4 Å². The van der Waals surface area contributed by atoms with E-state index in [1.807, 2.05) is 7.05 Å². The summed E-state index contributed by atoms with van der Waals surface area (Å²) in [6, 6.07) is 3.20. The van der Waals surface area contributed by atoms with Crippen LogP contribution in [-0.2, 0) is 0 Å². The third kappa shape index (κ3) is 5.41. The molecule has 2 aromatic rings. The lowest BCUT2D eigenvalue weighted by Crippen LogP contribution is -2.52. The molecule has 9 nitrogen and oxygen atoms in total. The van der Waals surface area contributed by atoms with Crippen LogP contribution in [0, 0.1) is 56.5 Å². The minimum absolute atomic E-state index is 0.101. The first-order valence-corrected chi connectivity index (χ1v) is 16.3. The average Bonchev–Trinajstić information content (AvgIpc) is 3.57. The third-order valence-corrected chi connectivity index (χ3v) is 12.1. The molecule has 3 fully saturated rings. The van der Waals surface area contributed by atoms with Gasteiger partial charge >= 0.3 is 5.69 Å². The lowest BCUT2D eigenvalue weighted by molar-refractivity contribution is -0.383. The molecule has 0 aliphatic heterocycles. The number of nitrogens with zero attached hydrogens (tertiary/aromatic N) is 5. The van der Waals surface area contributed by atoms with Crippen molar-refractivity contribution in [3.8, 4) is 0 Å². The van der Waals surface area contributed by atoms with Crippen molar-refractivity contribution in [1.29, 1.82) is 0 Å². The zero-order chi connectivity index (χ0) is 30.2. The van der Waals surface area contributed by atoms with Gasteiger partial charge in [-0.05, 0) is 109 Å². The Labute approximate surface area is 250 Å². The molecule has 1 aromatic heterocycles. The predicted octanol–water partition coefficient (Wildman–Crippen LogP) is 8.50. The minimum Gasteiger partial charge on any atom is -0.411 e. The molecule has 1 heterocycles. The summed E-state index contributed by atoms with van der Waals surface area (Å²) >= 11 is 0. The second-order valence-corrected chi connectivity index (χ2v) is 14.8. The van der Waals surface area contributed by atoms with E-state index in [2.05, 4.69) is 55.0 Å². The highest BCUT2D eigenvalue weighted by Gasteiger charge is 2.59. The van der Waals surface area contributed by atoms with Gasteiger partial charge in [-0.3, -0.25) is 10.1 Å². The smallest absolute Gasteiger partial charge is 0.300 e. The first-order valence-electron chi connectivity index (χ1n) is 16.3. The standard InChI is InChI=1S/C33H51N5O4/c1-21(2)9-7-10-22(3)24-12-13-25-23-11-16-29(34-39)33(5,26(23)17-19-32(24,25)4)18-8-20-37(6)27-14-15-28(38(40)41)31-30(27)35-42-36-31/h14-15,21-26,39H,7-13,16-20H2,1-6H3/b34-29-/t22-,23?,24-,25?,26?,32?,33-/m1/s1. The second kappa shape index (κ2) is 12.1. The van der Waals surface area contributed by atoms with E-state index in [0.717, 1.165) is 67.3 Å². The zero-order valence-corrected chi connectivity index (χ0v) is 26.5. The predicted molar refractivity (Wildman–Crippen MR) is 166 cm³/mol. The van der Waals surface area contributed by atoms with E-state index in [-0.39, 0.29) is 16.6 Å². The fraction of sp³-hybridized carbons (Fsp3) is 0.788. The van der Waals surface area contributed by atoms with Gasteiger partial charge in [0.15, 0.2) is 5.52 Å². The average molecular weight is 582 g/mol. The number of aromatic nitrogens is 2. The fourth-order valence-corrected chi connectivity index (χ4v) is 9.90. The zero-order valence-electron chi connectivity index (χ0n) is 26.5. The van der Waals surface area contributed by atoms with Crippen LogP contribution in [0.15, 0.2) is 21.9 Å². The van der Waals surface area contributed by atoms with Crippen molar-refractivity contribution in [2.75, 3.05) is 18.5 Å². The topological polar surface area (TPSA) is 118 Å². The summed E-state index contributed by atoms with van der Waals surface area (Å²) in [7, 11) is 1.98. The van der Waals surface area contributed by atoms with Crippen LogP contribution in [0.1, 0.15) is 105 Å². The first-order chi connectivity index (χ1) is 20.0. The number of nitro groups is 1. The van der Waals surface area contributed by atoms with Gasteiger partial charge in [-0.1, -0.05) is 59.0 Å². The Kier molecular flexibility index (Phi) is 8.87. The lowest BCUT2D eigenvalue weighted by atomic mass is 9.47. The van der Waals surface area contributed by atoms with Crippen LogP contribution < -0.4 is 4.90 Å². The number of oxime groups is 1. The number of fused-ring (bicyclic) bond motifs is 4. The van der Waals surface area contributed by atoms with Gasteiger partial charge in [0.1, 0.15) is 0 Å². The quantitative estimate of drug-likeness (QED) is 0.160. The molecule has 232 valence electrons. The van der Waals surface area contributed by atoms with Crippen LogP contribution in [0.5, 0.6) is 0 Å². The Balaban J connectivity index is 1.27. The molecule has 4 unspecified atom stereocenters. The fourth-order valence-electron chi connectivity index (χ4n) is 9.90. The molecule has 1 N–H and O–H groups in total. The minimum atomic E-state index is -0.457. The van der Waals surface area contributed by atoms with Gasteiger partial charge in [-0.2, -0.15) is 0 Å². The second-order valence-electron chi connectivity index (χ2n) is 14.8. The summed E-state index contributed by atoms with van der Waals surface area (Å²) in [4.78, 5) is 13.0. The molecule has 7 atom stereocenters. The highest BCUT2D eigenvalue weighted by Crippen LogP contribution is 2.66. The molecule has 0 radical (unpaired) electrons. The molecule has 5 rings (SSSR count). The van der Waals surface area contributed by atoms with Crippen LogP contribution >= 0.6 is 0 Å². The summed E-state index contributed by atoms with van der Waals surface area (Å²) in [6.45, 7) is 12.9. The van der Waals surface area contributed by atoms with Gasteiger partial charge in [-0.15, -0.1) is 0 Å². The Morgan fingerprint density at radius 2 is 1.86 bits per heavy atom. The number of benzene rings is 1. The summed E-state index contributed by atoms with van der Waals surface area (Å²) < 4.78 is 4.87. The maximum atomic E-state index is 11.4. The van der Waals surface area contributed by atoms with Crippen molar-refractivity contribution in [3.63, 3.8) is 0 Å². The van der Waals surface area contributed by atoms with Crippen molar-refractivity contribution in [3.05, 3.63) is 22.2 Å². The molecule has 3 saturated carbocycles. The normalized spacial score (nSPS) is 32.7. The molecule has 3 aliphatic rings. The van der Waals surface area contributed by atoms with Crippen LogP contribution in [0.25, 0.3) is 11.0 Å². The summed E-state index contributed by atoms with van der Waals surface area (Å²) in [5.74, 6) is 4.41. The Morgan fingerprint density at radius 3 is 2.57 bits per heavy atom. The van der Waals surface area contributed by atoms with Crippen LogP contribution in [-0.4, -0.2) is 39.7 Å². The number of non-ortho nitro benzene ring substituents is 1. The van der Waals surface area contributed by atoms with Gasteiger partial charge < -0.3 is 10.1 Å². The number of anilines is 1. The molecular formula is C33H51N5O4. The molecule has 1 aromatic carbocycles. The Hall–Kier alpha value is -2.71. The SMILES string of the molecule is CC(C)CCC[C@@H](C)[C@H]1CCC2C3CC/C(=N/O)[C@](C)(CCCN(C)c4ccc([N+](=O)[O-])c5nonc45)C3CCC21C. The van der Waals surface area contributed by atoms with Gasteiger partial charge in [0.25, 0.3) is 0 Å². The van der Waals surface area contributed by atoms with Crippen molar-refractivity contribution in [2.45, 2.75) is 105 Å². The summed E-state index contributed by atoms with van der Waals surface area (Å²) in [5.41, 5.74) is 2.54. The van der Waals surface area contributed by atoms with Crippen LogP contribution in [0.3, 0.4) is 0 Å². The van der Waals surface area contributed by atoms with E-state index in [4.69, 9.17) is 4.63 Å². The number of rotatable bonds is 11. The van der Waals surface area contributed by atoms with E-state index in [0.29, 0.717) is 22.8 Å². The Bertz CT molecular complexity index is 1290. The molecule has 3 aliphatic carbocycles. The van der Waals surface area contributed by atoms with Crippen LogP contribution in [0.2, 0.25) is 0 Å². The molecule has 0 saturated heterocycles. The third-order valence-electron chi connectivity index (χ3n) is 12.1. The maximum absolute atomic E-state index is 11.4. The molecule has 42 heavy (non-hydrogen) atoms. The summed E-state index contributed by atoms with van der Waals surface area (Å²) in [6.07, 6.45) is 13.2. The Morgan fingerprint density at radius 1 is 1.10 bits per heavy atom. The summed E-state index contributed by atoms with van der Waals surface area (Å²) in [5, 5.41) is 33.2. The van der Waals surface area contributed by atoms with Crippen molar-refractivity contribution in [2.24, 2.45) is 51.5 Å². The van der Waals surface area contributed by atoms with Crippen molar-refractivity contribution in [1.82, 2.24) is 10.3 Å². The van der Waals surface area contributed by atoms with E-state index < -0.39 is 4.92 Å². The molecular weight excluding hydrogens is 530 g/mol. The molecule has 0 amide bonds. The highest BCUT2D eigenvalue weighted by atomic mass is 16.6.